The molecular weight excluding hydrogens is 380 g/mol. The van der Waals surface area contributed by atoms with Crippen molar-refractivity contribution in [2.75, 3.05) is 5.75 Å². The molecular formula is C19H21N4O2S2+. The predicted molar refractivity (Wildman–Crippen MR) is 109 cm³/mol. The molecule has 3 rings (SSSR count). The zero-order valence-corrected chi connectivity index (χ0v) is 16.9. The minimum atomic E-state index is -0.109. The maximum absolute atomic E-state index is 12.9. The van der Waals surface area contributed by atoms with Crippen LogP contribution in [0, 0.1) is 13.8 Å². The van der Waals surface area contributed by atoms with Crippen LogP contribution in [0.4, 0.5) is 0 Å². The molecule has 3 aromatic heterocycles. The third-order valence-corrected chi connectivity index (χ3v) is 6.24. The molecule has 3 aromatic rings. The van der Waals surface area contributed by atoms with E-state index in [1.165, 1.54) is 23.1 Å². The van der Waals surface area contributed by atoms with Gasteiger partial charge in [-0.25, -0.2) is 9.97 Å². The number of nitrogens with one attached hydrogen (secondary N) is 2. The van der Waals surface area contributed by atoms with Crippen LogP contribution in [0.25, 0.3) is 10.2 Å². The van der Waals surface area contributed by atoms with Crippen LogP contribution < -0.4 is 15.9 Å². The van der Waals surface area contributed by atoms with E-state index in [9.17, 15) is 9.59 Å². The van der Waals surface area contributed by atoms with Gasteiger partial charge in [-0.05, 0) is 25.5 Å². The van der Waals surface area contributed by atoms with Gasteiger partial charge in [0.15, 0.2) is 17.6 Å². The summed E-state index contributed by atoms with van der Waals surface area (Å²) in [6.45, 7) is 8.47. The van der Waals surface area contributed by atoms with E-state index in [0.29, 0.717) is 23.6 Å². The van der Waals surface area contributed by atoms with Crippen LogP contribution in [-0.4, -0.2) is 21.2 Å². The molecule has 0 saturated carbocycles. The van der Waals surface area contributed by atoms with Crippen LogP contribution in [0.2, 0.25) is 0 Å². The van der Waals surface area contributed by atoms with Gasteiger partial charge in [0.2, 0.25) is 5.91 Å². The fraction of sp³-hybridized carbons (Fsp3) is 0.263. The molecule has 1 amide bonds. The molecule has 0 aromatic carbocycles. The summed E-state index contributed by atoms with van der Waals surface area (Å²) >= 11 is 2.77. The number of hydrogen-bond acceptors (Lipinski definition) is 5. The van der Waals surface area contributed by atoms with E-state index >= 15 is 0 Å². The number of hydrogen-bond donors (Lipinski definition) is 1. The van der Waals surface area contributed by atoms with Crippen LogP contribution >= 0.6 is 23.1 Å². The summed E-state index contributed by atoms with van der Waals surface area (Å²) in [5.74, 6) is 0.0801. The summed E-state index contributed by atoms with van der Waals surface area (Å²) in [4.78, 5) is 34.5. The quantitative estimate of drug-likeness (QED) is 0.375. The van der Waals surface area contributed by atoms with Crippen LogP contribution in [0.15, 0.2) is 47.1 Å². The average molecular weight is 402 g/mol. The number of aromatic amines is 1. The highest BCUT2D eigenvalue weighted by Crippen LogP contribution is 2.28. The van der Waals surface area contributed by atoms with Gasteiger partial charge in [-0.15, -0.1) is 17.9 Å². The van der Waals surface area contributed by atoms with Crippen LogP contribution in [0.1, 0.15) is 16.0 Å². The van der Waals surface area contributed by atoms with Gasteiger partial charge in [0.1, 0.15) is 4.83 Å². The third kappa shape index (κ3) is 4.28. The zero-order valence-electron chi connectivity index (χ0n) is 15.2. The fourth-order valence-corrected chi connectivity index (χ4v) is 4.54. The summed E-state index contributed by atoms with van der Waals surface area (Å²) in [7, 11) is 0. The number of aromatic nitrogens is 3. The number of carbonyl (C=O) groups excluding carboxylic acids is 1. The van der Waals surface area contributed by atoms with E-state index in [2.05, 4.69) is 21.9 Å². The molecule has 140 valence electrons. The molecule has 0 bridgehead atoms. The number of nitrogens with zero attached hydrogens (tertiary/aromatic N) is 2. The number of fused-ring (bicyclic) bond motifs is 1. The van der Waals surface area contributed by atoms with Gasteiger partial charge in [0.05, 0.1) is 11.1 Å². The van der Waals surface area contributed by atoms with Gasteiger partial charge in [-0.3, -0.25) is 14.2 Å². The number of thioether (sulfide) groups is 1. The monoisotopic (exact) mass is 401 g/mol. The molecule has 0 unspecified atom stereocenters. The molecule has 0 saturated heterocycles. The zero-order chi connectivity index (χ0) is 19.4. The Morgan fingerprint density at radius 2 is 2.30 bits per heavy atom. The Morgan fingerprint density at radius 3 is 3.00 bits per heavy atom. The highest BCUT2D eigenvalue weighted by atomic mass is 32.2. The molecule has 0 fully saturated rings. The lowest BCUT2D eigenvalue weighted by atomic mass is 10.2. The molecule has 8 heteroatoms. The molecule has 0 aliphatic carbocycles. The topological polar surface area (TPSA) is 78.1 Å². The van der Waals surface area contributed by atoms with Crippen molar-refractivity contribution in [3.05, 3.63) is 63.5 Å². The number of pyridine rings is 1. The van der Waals surface area contributed by atoms with Crippen molar-refractivity contribution in [2.45, 2.75) is 32.1 Å². The first-order valence-corrected chi connectivity index (χ1v) is 10.3. The smallest absolute Gasteiger partial charge is 0.263 e. The highest BCUT2D eigenvalue weighted by Gasteiger charge is 2.17. The van der Waals surface area contributed by atoms with E-state index in [-0.39, 0.29) is 17.2 Å². The lowest BCUT2D eigenvalue weighted by molar-refractivity contribution is -0.378. The first-order chi connectivity index (χ1) is 13.0. The normalized spacial score (nSPS) is 10.9. The molecule has 0 spiro atoms. The molecule has 6 nitrogen and oxygen atoms in total. The number of H-pyrrole nitrogens is 1. The number of carbonyl (C=O) groups is 1. The second kappa shape index (κ2) is 8.49. The van der Waals surface area contributed by atoms with Crippen LogP contribution in [0.5, 0.6) is 0 Å². The lowest BCUT2D eigenvalue weighted by Crippen LogP contribution is -2.27. The van der Waals surface area contributed by atoms with Crippen molar-refractivity contribution in [1.82, 2.24) is 14.9 Å². The number of aryl methyl sites for hydroxylation is 2. The number of allylic oxidation sites excluding steroid dienone is 1. The van der Waals surface area contributed by atoms with E-state index < -0.39 is 0 Å². The second-order valence-electron chi connectivity index (χ2n) is 6.04. The molecule has 0 aliphatic rings. The van der Waals surface area contributed by atoms with Crippen LogP contribution in [0.3, 0.4) is 0 Å². The van der Waals surface area contributed by atoms with Gasteiger partial charge in [0.25, 0.3) is 5.56 Å². The molecule has 2 N–H and O–H groups in total. The third-order valence-electron chi connectivity index (χ3n) is 4.16. The van der Waals surface area contributed by atoms with Crippen molar-refractivity contribution in [3.63, 3.8) is 0 Å². The van der Waals surface area contributed by atoms with E-state index in [1.54, 1.807) is 10.6 Å². The lowest BCUT2D eigenvalue weighted by Gasteiger charge is -2.10. The Balaban J connectivity index is 1.77. The first-order valence-electron chi connectivity index (χ1n) is 8.47. The molecule has 0 aliphatic heterocycles. The molecule has 0 atom stereocenters. The van der Waals surface area contributed by atoms with E-state index in [1.807, 2.05) is 38.4 Å². The van der Waals surface area contributed by atoms with Gasteiger partial charge in [-0.2, -0.15) is 0 Å². The Labute approximate surface area is 165 Å². The van der Waals surface area contributed by atoms with Gasteiger partial charge in [-0.1, -0.05) is 17.8 Å². The van der Waals surface area contributed by atoms with Gasteiger partial charge >= 0.3 is 0 Å². The van der Waals surface area contributed by atoms with Crippen molar-refractivity contribution >= 4 is 39.2 Å². The van der Waals surface area contributed by atoms with E-state index in [0.717, 1.165) is 20.8 Å². The Hall–Kier alpha value is -2.45. The Bertz CT molecular complexity index is 1040. The summed E-state index contributed by atoms with van der Waals surface area (Å²) < 4.78 is 1.58. The SMILES string of the molecule is C=CCn1c(SCC(=O)NCc2ccc[nH+]c2)nc2sc(C)c(C)c2c1=O. The first kappa shape index (κ1) is 19.3. The van der Waals surface area contributed by atoms with Crippen molar-refractivity contribution in [3.8, 4) is 0 Å². The standard InChI is InChI=1S/C19H20N4O2S2/c1-4-8-23-18(25)16-12(2)13(3)27-17(16)22-19(23)26-11-15(24)21-10-14-6-5-7-20-9-14/h4-7,9H,1,8,10-11H2,2-3H3,(H,21,24)/p+1. The highest BCUT2D eigenvalue weighted by molar-refractivity contribution is 7.99. The average Bonchev–Trinajstić information content (AvgIpc) is 2.96. The number of thiophene rings is 1. The largest absolute Gasteiger partial charge is 0.351 e. The van der Waals surface area contributed by atoms with Crippen LogP contribution in [-0.2, 0) is 17.9 Å². The van der Waals surface area contributed by atoms with E-state index in [4.69, 9.17) is 0 Å². The minimum absolute atomic E-state index is 0.0792. The maximum atomic E-state index is 12.9. The molecule has 27 heavy (non-hydrogen) atoms. The summed E-state index contributed by atoms with van der Waals surface area (Å²) in [6, 6.07) is 3.82. The maximum Gasteiger partial charge on any atom is 0.263 e. The number of rotatable bonds is 7. The Morgan fingerprint density at radius 1 is 1.48 bits per heavy atom. The minimum Gasteiger partial charge on any atom is -0.351 e. The predicted octanol–water partition coefficient (Wildman–Crippen LogP) is 2.48. The number of amides is 1. The summed E-state index contributed by atoms with van der Waals surface area (Å²) in [6.07, 6.45) is 5.32. The van der Waals surface area contributed by atoms with Gasteiger partial charge < -0.3 is 5.32 Å². The summed E-state index contributed by atoms with van der Waals surface area (Å²) in [5.41, 5.74) is 1.88. The molecule has 0 radical (unpaired) electrons. The fourth-order valence-electron chi connectivity index (χ4n) is 2.63. The van der Waals surface area contributed by atoms with Crippen molar-refractivity contribution < 1.29 is 9.78 Å². The summed E-state index contributed by atoms with van der Waals surface area (Å²) in [5, 5.41) is 4.07. The Kier molecular flexibility index (Phi) is 6.08. The molecule has 3 heterocycles. The second-order valence-corrected chi connectivity index (χ2v) is 8.19. The van der Waals surface area contributed by atoms with Crippen molar-refractivity contribution in [1.29, 1.82) is 0 Å². The van der Waals surface area contributed by atoms with Gasteiger partial charge in [0, 0.05) is 29.6 Å². The van der Waals surface area contributed by atoms with Crippen molar-refractivity contribution in [2.24, 2.45) is 0 Å².